The van der Waals surface area contributed by atoms with E-state index >= 15 is 0 Å². The maximum atomic E-state index is 13.6. The van der Waals surface area contributed by atoms with Crippen molar-refractivity contribution in [1.82, 2.24) is 10.2 Å². The summed E-state index contributed by atoms with van der Waals surface area (Å²) in [6, 6.07) is 12.2. The van der Waals surface area contributed by atoms with Crippen molar-refractivity contribution >= 4 is 5.91 Å². The molecule has 0 heterocycles. The Bertz CT molecular complexity index is 699. The van der Waals surface area contributed by atoms with Crippen molar-refractivity contribution in [2.45, 2.75) is 13.0 Å². The average Bonchev–Trinajstić information content (AvgIpc) is 2.57. The van der Waals surface area contributed by atoms with Crippen LogP contribution < -0.4 is 10.1 Å². The second kappa shape index (κ2) is 7.93. The first-order valence-corrected chi connectivity index (χ1v) is 7.77. The number of rotatable bonds is 6. The lowest BCUT2D eigenvalue weighted by Gasteiger charge is -2.25. The average molecular weight is 330 g/mol. The third-order valence-corrected chi connectivity index (χ3v) is 4.01. The fourth-order valence-corrected chi connectivity index (χ4v) is 2.45. The van der Waals surface area contributed by atoms with Gasteiger partial charge in [-0.25, -0.2) is 4.39 Å². The molecule has 1 amide bonds. The van der Waals surface area contributed by atoms with Gasteiger partial charge in [-0.15, -0.1) is 0 Å². The molecule has 0 aromatic heterocycles. The highest BCUT2D eigenvalue weighted by Gasteiger charge is 2.16. The Hall–Kier alpha value is -2.40. The zero-order valence-corrected chi connectivity index (χ0v) is 14.5. The zero-order valence-electron chi connectivity index (χ0n) is 14.5. The molecule has 2 aromatic rings. The van der Waals surface area contributed by atoms with Gasteiger partial charge < -0.3 is 15.0 Å². The molecule has 0 radical (unpaired) electrons. The molecule has 0 saturated carbocycles. The van der Waals surface area contributed by atoms with E-state index in [4.69, 9.17) is 4.74 Å². The number of hydrogen-bond donors (Lipinski definition) is 1. The van der Waals surface area contributed by atoms with Gasteiger partial charge in [0.2, 0.25) is 0 Å². The number of methoxy groups -OCH3 is 1. The molecule has 2 aromatic carbocycles. The van der Waals surface area contributed by atoms with Crippen molar-refractivity contribution in [2.75, 3.05) is 27.7 Å². The maximum absolute atomic E-state index is 13.6. The summed E-state index contributed by atoms with van der Waals surface area (Å²) in [7, 11) is 5.53. The lowest BCUT2D eigenvalue weighted by Crippen LogP contribution is -2.34. The minimum absolute atomic E-state index is 0.00940. The fourth-order valence-electron chi connectivity index (χ4n) is 2.45. The van der Waals surface area contributed by atoms with Crippen LogP contribution in [0.4, 0.5) is 4.39 Å². The zero-order chi connectivity index (χ0) is 17.7. The number of nitrogens with one attached hydrogen (secondary N) is 1. The van der Waals surface area contributed by atoms with Gasteiger partial charge >= 0.3 is 0 Å². The topological polar surface area (TPSA) is 41.6 Å². The van der Waals surface area contributed by atoms with Crippen LogP contribution in [0.15, 0.2) is 42.5 Å². The van der Waals surface area contributed by atoms with Crippen LogP contribution in [0.3, 0.4) is 0 Å². The SMILES string of the molecule is COc1ccc([C@H](CNC(=O)c2ccc(C)c(F)c2)N(C)C)cc1. The van der Waals surface area contributed by atoms with Crippen molar-refractivity contribution in [3.8, 4) is 5.75 Å². The largest absolute Gasteiger partial charge is 0.497 e. The number of nitrogens with zero attached hydrogens (tertiary/aromatic N) is 1. The first kappa shape index (κ1) is 17.9. The summed E-state index contributed by atoms with van der Waals surface area (Å²) in [5, 5.41) is 2.88. The van der Waals surface area contributed by atoms with Gasteiger partial charge in [0.1, 0.15) is 11.6 Å². The molecule has 0 aliphatic heterocycles. The van der Waals surface area contributed by atoms with Crippen molar-refractivity contribution < 1.29 is 13.9 Å². The van der Waals surface area contributed by atoms with Crippen molar-refractivity contribution in [2.24, 2.45) is 0 Å². The van der Waals surface area contributed by atoms with Gasteiger partial charge in [0.25, 0.3) is 5.91 Å². The second-order valence-electron chi connectivity index (χ2n) is 5.93. The minimum atomic E-state index is -0.373. The predicted octanol–water partition coefficient (Wildman–Crippen LogP) is 3.18. The molecule has 1 N–H and O–H groups in total. The van der Waals surface area contributed by atoms with Gasteiger partial charge in [-0.2, -0.15) is 0 Å². The van der Waals surface area contributed by atoms with Crippen LogP contribution in [-0.4, -0.2) is 38.6 Å². The van der Waals surface area contributed by atoms with Crippen LogP contribution in [0.1, 0.15) is 27.5 Å². The molecule has 0 aliphatic rings. The molecule has 2 rings (SSSR count). The number of benzene rings is 2. The molecular weight excluding hydrogens is 307 g/mol. The molecular formula is C19H23FN2O2. The number of likely N-dealkylation sites (N-methyl/N-ethyl adjacent to an activating group) is 1. The van der Waals surface area contributed by atoms with Crippen molar-refractivity contribution in [3.63, 3.8) is 0 Å². The van der Waals surface area contributed by atoms with Gasteiger partial charge in [-0.3, -0.25) is 4.79 Å². The Labute approximate surface area is 142 Å². The van der Waals surface area contributed by atoms with Gasteiger partial charge in [0.05, 0.1) is 13.2 Å². The van der Waals surface area contributed by atoms with Crippen LogP contribution in [0, 0.1) is 12.7 Å². The van der Waals surface area contributed by atoms with Crippen molar-refractivity contribution in [3.05, 3.63) is 65.0 Å². The molecule has 4 nitrogen and oxygen atoms in total. The highest BCUT2D eigenvalue weighted by atomic mass is 19.1. The Morgan fingerprint density at radius 3 is 2.42 bits per heavy atom. The van der Waals surface area contributed by atoms with Crippen LogP contribution in [0.25, 0.3) is 0 Å². The van der Waals surface area contributed by atoms with E-state index in [1.54, 1.807) is 26.2 Å². The second-order valence-corrected chi connectivity index (χ2v) is 5.93. The first-order valence-electron chi connectivity index (χ1n) is 7.77. The summed E-state index contributed by atoms with van der Waals surface area (Å²) >= 11 is 0. The van der Waals surface area contributed by atoms with Crippen LogP contribution >= 0.6 is 0 Å². The Kier molecular flexibility index (Phi) is 5.93. The molecule has 0 saturated heterocycles. The molecule has 24 heavy (non-hydrogen) atoms. The third kappa shape index (κ3) is 4.32. The quantitative estimate of drug-likeness (QED) is 0.884. The van der Waals surface area contributed by atoms with E-state index in [0.717, 1.165) is 11.3 Å². The number of carbonyl (C=O) groups is 1. The maximum Gasteiger partial charge on any atom is 0.251 e. The molecule has 5 heteroatoms. The molecule has 0 unspecified atom stereocenters. The van der Waals surface area contributed by atoms with E-state index in [1.807, 2.05) is 43.3 Å². The lowest BCUT2D eigenvalue weighted by molar-refractivity contribution is 0.0941. The number of halogens is 1. The van der Waals surface area contributed by atoms with E-state index < -0.39 is 0 Å². The first-order chi connectivity index (χ1) is 11.4. The summed E-state index contributed by atoms with van der Waals surface area (Å²) in [4.78, 5) is 14.3. The van der Waals surface area contributed by atoms with E-state index in [-0.39, 0.29) is 17.8 Å². The van der Waals surface area contributed by atoms with Gasteiger partial charge in [0.15, 0.2) is 0 Å². The number of amides is 1. The Morgan fingerprint density at radius 1 is 1.21 bits per heavy atom. The Balaban J connectivity index is 2.07. The van der Waals surface area contributed by atoms with Crippen molar-refractivity contribution in [1.29, 1.82) is 0 Å². The smallest absolute Gasteiger partial charge is 0.251 e. The highest BCUT2D eigenvalue weighted by molar-refractivity contribution is 5.94. The molecule has 1 atom stereocenters. The normalized spacial score (nSPS) is 12.1. The summed E-state index contributed by atoms with van der Waals surface area (Å²) in [5.41, 5.74) is 1.91. The van der Waals surface area contributed by atoms with Gasteiger partial charge in [-0.1, -0.05) is 18.2 Å². The number of aryl methyl sites for hydroxylation is 1. The molecule has 0 bridgehead atoms. The number of ether oxygens (including phenoxy) is 1. The number of hydrogen-bond acceptors (Lipinski definition) is 3. The predicted molar refractivity (Wildman–Crippen MR) is 92.9 cm³/mol. The Morgan fingerprint density at radius 2 is 1.88 bits per heavy atom. The lowest BCUT2D eigenvalue weighted by atomic mass is 10.1. The third-order valence-electron chi connectivity index (χ3n) is 4.01. The van der Waals surface area contributed by atoms with E-state index in [0.29, 0.717) is 17.7 Å². The highest BCUT2D eigenvalue weighted by Crippen LogP contribution is 2.21. The summed E-state index contributed by atoms with van der Waals surface area (Å²) in [5.74, 6) is 0.131. The minimum Gasteiger partial charge on any atom is -0.497 e. The van der Waals surface area contributed by atoms with E-state index in [1.165, 1.54) is 6.07 Å². The monoisotopic (exact) mass is 330 g/mol. The van der Waals surface area contributed by atoms with Gasteiger partial charge in [0, 0.05) is 12.1 Å². The molecule has 128 valence electrons. The summed E-state index contributed by atoms with van der Waals surface area (Å²) in [6.45, 7) is 2.09. The molecule has 0 spiro atoms. The number of carbonyl (C=O) groups excluding carboxylic acids is 1. The van der Waals surface area contributed by atoms with Crippen LogP contribution in [0.2, 0.25) is 0 Å². The van der Waals surface area contributed by atoms with Gasteiger partial charge in [-0.05, 0) is 56.4 Å². The standard InChI is InChI=1S/C19H23FN2O2/c1-13-5-6-15(11-17(13)20)19(23)21-12-18(22(2)3)14-7-9-16(24-4)10-8-14/h5-11,18H,12H2,1-4H3,(H,21,23)/t18-/m0/s1. The van der Waals surface area contributed by atoms with Crippen LogP contribution in [0.5, 0.6) is 5.75 Å². The van der Waals surface area contributed by atoms with E-state index in [9.17, 15) is 9.18 Å². The van der Waals surface area contributed by atoms with Crippen LogP contribution in [-0.2, 0) is 0 Å². The molecule has 0 aliphatic carbocycles. The molecule has 0 fully saturated rings. The summed E-state index contributed by atoms with van der Waals surface area (Å²) < 4.78 is 18.8. The summed E-state index contributed by atoms with van der Waals surface area (Å²) in [6.07, 6.45) is 0. The fraction of sp³-hybridized carbons (Fsp3) is 0.316. The van der Waals surface area contributed by atoms with E-state index in [2.05, 4.69) is 5.32 Å².